The molecule has 122 valence electrons. The van der Waals surface area contributed by atoms with Crippen LogP contribution in [0.1, 0.15) is 23.2 Å². The van der Waals surface area contributed by atoms with Crippen molar-refractivity contribution in [2.24, 2.45) is 5.92 Å². The van der Waals surface area contributed by atoms with Gasteiger partial charge in [0.25, 0.3) is 5.91 Å². The molecule has 1 fully saturated rings. The maximum Gasteiger partial charge on any atom is 0.422 e. The van der Waals surface area contributed by atoms with Crippen LogP contribution in [0.2, 0.25) is 0 Å². The second kappa shape index (κ2) is 6.95. The molecule has 1 unspecified atom stereocenters. The highest BCUT2D eigenvalue weighted by Gasteiger charge is 2.31. The zero-order valence-electron chi connectivity index (χ0n) is 11.8. The Morgan fingerprint density at radius 1 is 1.50 bits per heavy atom. The lowest BCUT2D eigenvalue weighted by Crippen LogP contribution is -2.41. The average Bonchev–Trinajstić information content (AvgIpc) is 2.52. The molecule has 0 spiro atoms. The molecular formula is C14H17F3N2O3. The molecule has 2 heterocycles. The summed E-state index contributed by atoms with van der Waals surface area (Å²) in [5.74, 6) is -0.756. The van der Waals surface area contributed by atoms with E-state index in [0.717, 1.165) is 12.8 Å². The molecular weight excluding hydrogens is 301 g/mol. The summed E-state index contributed by atoms with van der Waals surface area (Å²) in [5.41, 5.74) is 0.00494. The van der Waals surface area contributed by atoms with Gasteiger partial charge in [-0.25, -0.2) is 4.98 Å². The number of carbonyl (C=O) groups excluding carboxylic acids is 1. The van der Waals surface area contributed by atoms with E-state index >= 15 is 0 Å². The van der Waals surface area contributed by atoms with Crippen LogP contribution in [0.25, 0.3) is 0 Å². The monoisotopic (exact) mass is 318 g/mol. The third-order valence-corrected chi connectivity index (χ3v) is 3.44. The van der Waals surface area contributed by atoms with Gasteiger partial charge in [-0.1, -0.05) is 0 Å². The Hall–Kier alpha value is -1.83. The van der Waals surface area contributed by atoms with Gasteiger partial charge in [-0.05, 0) is 30.9 Å². The number of pyridine rings is 1. The van der Waals surface area contributed by atoms with Crippen LogP contribution >= 0.6 is 0 Å². The van der Waals surface area contributed by atoms with Crippen molar-refractivity contribution in [3.63, 3.8) is 0 Å². The van der Waals surface area contributed by atoms with Gasteiger partial charge in [0, 0.05) is 25.9 Å². The topological polar surface area (TPSA) is 62.7 Å². The molecule has 0 saturated carbocycles. The second-order valence-electron chi connectivity index (χ2n) is 5.20. The summed E-state index contributed by atoms with van der Waals surface area (Å²) in [6.45, 7) is -0.635. The van der Waals surface area contributed by atoms with E-state index in [4.69, 9.17) is 0 Å². The predicted molar refractivity (Wildman–Crippen MR) is 71.5 cm³/mol. The first-order valence-electron chi connectivity index (χ1n) is 6.95. The smallest absolute Gasteiger partial charge is 0.422 e. The van der Waals surface area contributed by atoms with E-state index < -0.39 is 18.7 Å². The van der Waals surface area contributed by atoms with Gasteiger partial charge in [0.15, 0.2) is 6.61 Å². The fourth-order valence-corrected chi connectivity index (χ4v) is 2.39. The molecule has 1 N–H and O–H groups in total. The second-order valence-corrected chi connectivity index (χ2v) is 5.20. The van der Waals surface area contributed by atoms with Crippen LogP contribution in [0.15, 0.2) is 18.3 Å². The summed E-state index contributed by atoms with van der Waals surface area (Å²) < 4.78 is 41.4. The van der Waals surface area contributed by atoms with E-state index in [1.165, 1.54) is 23.2 Å². The van der Waals surface area contributed by atoms with E-state index in [0.29, 0.717) is 13.1 Å². The van der Waals surface area contributed by atoms with Crippen LogP contribution < -0.4 is 4.74 Å². The first kappa shape index (κ1) is 16.5. The Labute approximate surface area is 125 Å². The maximum atomic E-state index is 12.4. The predicted octanol–water partition coefficient (Wildman–Crippen LogP) is 1.87. The number of alkyl halides is 3. The number of amides is 1. The lowest BCUT2D eigenvalue weighted by atomic mass is 9.98. The number of ether oxygens (including phenoxy) is 1. The largest absolute Gasteiger partial charge is 0.467 e. The Morgan fingerprint density at radius 3 is 2.95 bits per heavy atom. The zero-order chi connectivity index (χ0) is 16.2. The minimum atomic E-state index is -4.50. The standard InChI is InChI=1S/C14H17F3N2O3/c15-14(16,17)9-22-12-11(4-1-5-18-12)13(21)19-6-2-3-10(7-19)8-20/h1,4-5,10,20H,2-3,6-9H2. The van der Waals surface area contributed by atoms with Crippen LogP contribution in [0.5, 0.6) is 5.88 Å². The van der Waals surface area contributed by atoms with Crippen molar-refractivity contribution in [3.8, 4) is 5.88 Å². The lowest BCUT2D eigenvalue weighted by molar-refractivity contribution is -0.154. The van der Waals surface area contributed by atoms with Crippen molar-refractivity contribution in [3.05, 3.63) is 23.9 Å². The summed E-state index contributed by atoms with van der Waals surface area (Å²) in [4.78, 5) is 17.7. The molecule has 1 aliphatic rings. The molecule has 1 aliphatic heterocycles. The molecule has 1 amide bonds. The number of rotatable bonds is 4. The van der Waals surface area contributed by atoms with Crippen molar-refractivity contribution < 1.29 is 27.8 Å². The number of likely N-dealkylation sites (tertiary alicyclic amines) is 1. The van der Waals surface area contributed by atoms with E-state index in [1.807, 2.05) is 0 Å². The minimum absolute atomic E-state index is 0.00494. The normalized spacial score (nSPS) is 19.1. The first-order valence-corrected chi connectivity index (χ1v) is 6.95. The molecule has 1 aromatic rings. The van der Waals surface area contributed by atoms with Gasteiger partial charge < -0.3 is 14.7 Å². The van der Waals surface area contributed by atoms with Gasteiger partial charge in [-0.3, -0.25) is 4.79 Å². The van der Waals surface area contributed by atoms with Gasteiger partial charge in [-0.15, -0.1) is 0 Å². The molecule has 1 saturated heterocycles. The molecule has 0 bridgehead atoms. The lowest BCUT2D eigenvalue weighted by Gasteiger charge is -2.32. The first-order chi connectivity index (χ1) is 10.4. The van der Waals surface area contributed by atoms with Crippen molar-refractivity contribution in [2.45, 2.75) is 19.0 Å². The van der Waals surface area contributed by atoms with Crippen LogP contribution in [0.3, 0.4) is 0 Å². The molecule has 22 heavy (non-hydrogen) atoms. The Balaban J connectivity index is 2.12. The van der Waals surface area contributed by atoms with Crippen LogP contribution in [-0.4, -0.2) is 53.4 Å². The van der Waals surface area contributed by atoms with Crippen LogP contribution in [-0.2, 0) is 0 Å². The highest BCUT2D eigenvalue weighted by molar-refractivity contribution is 5.96. The summed E-state index contributed by atoms with van der Waals surface area (Å²) in [6.07, 6.45) is -1.65. The zero-order valence-corrected chi connectivity index (χ0v) is 11.8. The van der Waals surface area contributed by atoms with E-state index in [1.54, 1.807) is 0 Å². The number of aromatic nitrogens is 1. The maximum absolute atomic E-state index is 12.4. The summed E-state index contributed by atoms with van der Waals surface area (Å²) in [7, 11) is 0. The molecule has 2 rings (SSSR count). The van der Waals surface area contributed by atoms with Gasteiger partial charge in [0.1, 0.15) is 5.56 Å². The number of halogens is 3. The van der Waals surface area contributed by atoms with Crippen LogP contribution in [0.4, 0.5) is 13.2 Å². The third-order valence-electron chi connectivity index (χ3n) is 3.44. The number of hydrogen-bond donors (Lipinski definition) is 1. The van der Waals surface area contributed by atoms with E-state index in [2.05, 4.69) is 9.72 Å². The van der Waals surface area contributed by atoms with Crippen molar-refractivity contribution >= 4 is 5.91 Å². The SMILES string of the molecule is O=C(c1cccnc1OCC(F)(F)F)N1CCCC(CO)C1. The summed E-state index contributed by atoms with van der Waals surface area (Å²) >= 11 is 0. The van der Waals surface area contributed by atoms with Gasteiger partial charge in [0.2, 0.25) is 5.88 Å². The molecule has 8 heteroatoms. The van der Waals surface area contributed by atoms with Gasteiger partial charge in [0.05, 0.1) is 0 Å². The van der Waals surface area contributed by atoms with Gasteiger partial charge >= 0.3 is 6.18 Å². The number of aliphatic hydroxyl groups excluding tert-OH is 1. The summed E-state index contributed by atoms with van der Waals surface area (Å²) in [5, 5.41) is 9.19. The van der Waals surface area contributed by atoms with E-state index in [-0.39, 0.29) is 24.0 Å². The van der Waals surface area contributed by atoms with Crippen molar-refractivity contribution in [2.75, 3.05) is 26.3 Å². The minimum Gasteiger partial charge on any atom is -0.467 e. The molecule has 5 nitrogen and oxygen atoms in total. The fourth-order valence-electron chi connectivity index (χ4n) is 2.39. The third kappa shape index (κ3) is 4.33. The Kier molecular flexibility index (Phi) is 5.23. The Morgan fingerprint density at radius 2 is 2.27 bits per heavy atom. The highest BCUT2D eigenvalue weighted by Crippen LogP contribution is 2.23. The number of nitrogens with zero attached hydrogens (tertiary/aromatic N) is 2. The number of aliphatic hydroxyl groups is 1. The van der Waals surface area contributed by atoms with Crippen molar-refractivity contribution in [1.82, 2.24) is 9.88 Å². The number of piperidine rings is 1. The Bertz CT molecular complexity index is 522. The van der Waals surface area contributed by atoms with Crippen molar-refractivity contribution in [1.29, 1.82) is 0 Å². The molecule has 1 atom stereocenters. The quantitative estimate of drug-likeness (QED) is 0.920. The number of carbonyl (C=O) groups is 1. The molecule has 0 aromatic carbocycles. The molecule has 1 aromatic heterocycles. The molecule has 0 aliphatic carbocycles. The van der Waals surface area contributed by atoms with Gasteiger partial charge in [-0.2, -0.15) is 13.2 Å². The highest BCUT2D eigenvalue weighted by atomic mass is 19.4. The van der Waals surface area contributed by atoms with E-state index in [9.17, 15) is 23.1 Å². The number of hydrogen-bond acceptors (Lipinski definition) is 4. The van der Waals surface area contributed by atoms with Crippen LogP contribution in [0, 0.1) is 5.92 Å². The average molecular weight is 318 g/mol. The fraction of sp³-hybridized carbons (Fsp3) is 0.571. The molecule has 0 radical (unpaired) electrons. The summed E-state index contributed by atoms with van der Waals surface area (Å²) in [6, 6.07) is 2.87.